The molecule has 0 spiro atoms. The fraction of sp³-hybridized carbons (Fsp3) is 0.458. The summed E-state index contributed by atoms with van der Waals surface area (Å²) in [5.74, 6) is 0.0872. The highest BCUT2D eigenvalue weighted by molar-refractivity contribution is 7.89. The van der Waals surface area contributed by atoms with Gasteiger partial charge in [-0.3, -0.25) is 4.79 Å². The molecule has 2 aromatic carbocycles. The first-order chi connectivity index (χ1) is 16.7. The number of sulfonamides is 2. The van der Waals surface area contributed by atoms with Gasteiger partial charge < -0.3 is 10.1 Å². The molecule has 1 amide bonds. The van der Waals surface area contributed by atoms with Crippen molar-refractivity contribution in [1.29, 1.82) is 0 Å². The van der Waals surface area contributed by atoms with Gasteiger partial charge in [0.25, 0.3) is 5.91 Å². The van der Waals surface area contributed by atoms with E-state index in [1.54, 1.807) is 7.11 Å². The monoisotopic (exact) mass is 521 g/mol. The maximum absolute atomic E-state index is 12.8. The van der Waals surface area contributed by atoms with Crippen LogP contribution in [0.25, 0.3) is 0 Å². The molecule has 0 aliphatic carbocycles. The number of carbonyl (C=O) groups is 1. The van der Waals surface area contributed by atoms with Gasteiger partial charge in [-0.25, -0.2) is 16.8 Å². The van der Waals surface area contributed by atoms with Crippen LogP contribution in [-0.4, -0.2) is 70.4 Å². The van der Waals surface area contributed by atoms with Gasteiger partial charge in [-0.05, 0) is 66.8 Å². The Hall–Kier alpha value is -2.47. The highest BCUT2D eigenvalue weighted by Crippen LogP contribution is 2.25. The average Bonchev–Trinajstić information content (AvgIpc) is 2.88. The first-order valence-electron chi connectivity index (χ1n) is 11.7. The van der Waals surface area contributed by atoms with Crippen molar-refractivity contribution in [2.45, 2.75) is 37.1 Å². The molecule has 0 unspecified atom stereocenters. The summed E-state index contributed by atoms with van der Waals surface area (Å²) in [5, 5.41) is 2.63. The highest BCUT2D eigenvalue weighted by atomic mass is 32.2. The normalized spacial score (nSPS) is 17.5. The summed E-state index contributed by atoms with van der Waals surface area (Å²) in [6, 6.07) is 11.4. The third kappa shape index (κ3) is 5.85. The zero-order valence-corrected chi connectivity index (χ0v) is 21.4. The van der Waals surface area contributed by atoms with Gasteiger partial charge in [-0.2, -0.15) is 8.61 Å². The maximum Gasteiger partial charge on any atom is 0.251 e. The molecule has 1 saturated heterocycles. The second-order valence-electron chi connectivity index (χ2n) is 8.78. The topological polar surface area (TPSA) is 113 Å². The molecule has 2 heterocycles. The first kappa shape index (κ1) is 25.6. The van der Waals surface area contributed by atoms with Crippen LogP contribution in [-0.2, 0) is 33.0 Å². The van der Waals surface area contributed by atoms with E-state index in [0.29, 0.717) is 32.6 Å². The molecule has 1 fully saturated rings. The molecule has 1 N–H and O–H groups in total. The molecule has 0 aromatic heterocycles. The van der Waals surface area contributed by atoms with E-state index in [1.165, 1.54) is 32.9 Å². The largest absolute Gasteiger partial charge is 0.497 e. The minimum atomic E-state index is -3.57. The van der Waals surface area contributed by atoms with Gasteiger partial charge >= 0.3 is 0 Å². The van der Waals surface area contributed by atoms with E-state index in [9.17, 15) is 21.6 Å². The molecular weight excluding hydrogens is 490 g/mol. The van der Waals surface area contributed by atoms with E-state index in [4.69, 9.17) is 4.74 Å². The number of fused-ring (bicyclic) bond motifs is 1. The van der Waals surface area contributed by atoms with Crippen LogP contribution in [0.2, 0.25) is 0 Å². The van der Waals surface area contributed by atoms with Crippen LogP contribution in [0, 0.1) is 0 Å². The molecule has 35 heavy (non-hydrogen) atoms. The highest BCUT2D eigenvalue weighted by Gasteiger charge is 2.28. The number of rotatable bonds is 8. The summed E-state index contributed by atoms with van der Waals surface area (Å²) >= 11 is 0. The second-order valence-corrected chi connectivity index (χ2v) is 12.8. The number of nitrogens with one attached hydrogen (secondary N) is 1. The van der Waals surface area contributed by atoms with Gasteiger partial charge in [0.05, 0.1) is 17.8 Å². The van der Waals surface area contributed by atoms with Gasteiger partial charge in [-0.15, -0.1) is 0 Å². The molecule has 0 bridgehead atoms. The maximum atomic E-state index is 12.8. The summed E-state index contributed by atoms with van der Waals surface area (Å²) in [7, 11) is -5.53. The number of piperidine rings is 1. The number of methoxy groups -OCH3 is 1. The number of nitrogens with zero attached hydrogens (tertiary/aromatic N) is 2. The van der Waals surface area contributed by atoms with Crippen molar-refractivity contribution in [3.63, 3.8) is 0 Å². The van der Waals surface area contributed by atoms with Crippen LogP contribution in [0.4, 0.5) is 0 Å². The van der Waals surface area contributed by atoms with Gasteiger partial charge in [-0.1, -0.05) is 12.5 Å². The van der Waals surface area contributed by atoms with Crippen molar-refractivity contribution in [3.05, 3.63) is 59.2 Å². The summed E-state index contributed by atoms with van der Waals surface area (Å²) < 4.78 is 59.3. The molecular formula is C24H31N3O6S2. The van der Waals surface area contributed by atoms with Crippen molar-refractivity contribution in [1.82, 2.24) is 13.9 Å². The van der Waals surface area contributed by atoms with Crippen molar-refractivity contribution in [2.24, 2.45) is 0 Å². The Balaban J connectivity index is 1.31. The molecule has 2 aromatic rings. The van der Waals surface area contributed by atoms with Crippen LogP contribution in [0.15, 0.2) is 47.4 Å². The van der Waals surface area contributed by atoms with Gasteiger partial charge in [0.2, 0.25) is 20.0 Å². The lowest BCUT2D eigenvalue weighted by molar-refractivity contribution is 0.0956. The number of amides is 1. The number of benzene rings is 2. The quantitative estimate of drug-likeness (QED) is 0.569. The summed E-state index contributed by atoms with van der Waals surface area (Å²) in [4.78, 5) is 12.7. The number of ether oxygens (including phenoxy) is 1. The molecule has 2 aliphatic heterocycles. The number of carbonyl (C=O) groups excluding carboxylic acids is 1. The minimum Gasteiger partial charge on any atom is -0.497 e. The van der Waals surface area contributed by atoms with Crippen molar-refractivity contribution in [2.75, 3.05) is 39.0 Å². The van der Waals surface area contributed by atoms with Gasteiger partial charge in [0.15, 0.2) is 0 Å². The molecule has 2 aliphatic rings. The van der Waals surface area contributed by atoms with E-state index >= 15 is 0 Å². The van der Waals surface area contributed by atoms with E-state index in [0.717, 1.165) is 36.1 Å². The lowest BCUT2D eigenvalue weighted by atomic mass is 10.0. The Kier molecular flexibility index (Phi) is 7.80. The summed E-state index contributed by atoms with van der Waals surface area (Å²) in [6.45, 7) is 1.65. The Morgan fingerprint density at radius 3 is 2.31 bits per heavy atom. The van der Waals surface area contributed by atoms with Gasteiger partial charge in [0, 0.05) is 38.3 Å². The van der Waals surface area contributed by atoms with Gasteiger partial charge in [0.1, 0.15) is 5.75 Å². The Morgan fingerprint density at radius 2 is 1.63 bits per heavy atom. The lowest BCUT2D eigenvalue weighted by Gasteiger charge is -2.28. The number of hydrogen-bond donors (Lipinski definition) is 1. The van der Waals surface area contributed by atoms with E-state index < -0.39 is 26.0 Å². The third-order valence-corrected chi connectivity index (χ3v) is 10.2. The summed E-state index contributed by atoms with van der Waals surface area (Å²) in [5.41, 5.74) is 2.31. The fourth-order valence-electron chi connectivity index (χ4n) is 4.43. The second kappa shape index (κ2) is 10.7. The standard InChI is InChI=1S/C24H31N3O6S2/c1-33-22-8-5-21-18-27(15-11-20(21)17-22)34(29,30)16-12-25-24(28)19-6-9-23(10-7-19)35(31,32)26-13-3-2-4-14-26/h5-10,17H,2-4,11-16,18H2,1H3,(H,25,28). The van der Waals surface area contributed by atoms with E-state index in [-0.39, 0.29) is 22.8 Å². The molecule has 0 atom stereocenters. The molecule has 0 radical (unpaired) electrons. The molecule has 190 valence electrons. The van der Waals surface area contributed by atoms with E-state index in [1.807, 2.05) is 18.2 Å². The smallest absolute Gasteiger partial charge is 0.251 e. The molecule has 11 heteroatoms. The molecule has 4 rings (SSSR count). The van der Waals surface area contributed by atoms with Crippen LogP contribution in [0.5, 0.6) is 5.75 Å². The molecule has 0 saturated carbocycles. The lowest BCUT2D eigenvalue weighted by Crippen LogP contribution is -2.40. The van der Waals surface area contributed by atoms with Crippen LogP contribution < -0.4 is 10.1 Å². The molecule has 9 nitrogen and oxygen atoms in total. The SMILES string of the molecule is COc1ccc2c(c1)CCN(S(=O)(=O)CCNC(=O)c1ccc(S(=O)(=O)N3CCCCC3)cc1)C2. The minimum absolute atomic E-state index is 0.0407. The van der Waals surface area contributed by atoms with Crippen LogP contribution in [0.1, 0.15) is 40.7 Å². The fourth-order valence-corrected chi connectivity index (χ4v) is 7.27. The Morgan fingerprint density at radius 1 is 0.914 bits per heavy atom. The zero-order chi connectivity index (χ0) is 25.1. The predicted octanol–water partition coefficient (Wildman–Crippen LogP) is 1.99. The Bertz CT molecular complexity index is 1270. The first-order valence-corrected chi connectivity index (χ1v) is 14.8. The number of hydrogen-bond acceptors (Lipinski definition) is 6. The van der Waals surface area contributed by atoms with E-state index in [2.05, 4.69) is 5.32 Å². The average molecular weight is 522 g/mol. The van der Waals surface area contributed by atoms with Crippen LogP contribution >= 0.6 is 0 Å². The Labute approximate surface area is 207 Å². The van der Waals surface area contributed by atoms with Crippen molar-refractivity contribution < 1.29 is 26.4 Å². The third-order valence-electron chi connectivity index (χ3n) is 6.50. The zero-order valence-electron chi connectivity index (χ0n) is 19.8. The summed E-state index contributed by atoms with van der Waals surface area (Å²) in [6.07, 6.45) is 3.33. The van der Waals surface area contributed by atoms with Crippen molar-refractivity contribution in [3.8, 4) is 5.75 Å². The van der Waals surface area contributed by atoms with Crippen LogP contribution in [0.3, 0.4) is 0 Å². The predicted molar refractivity (Wildman–Crippen MR) is 132 cm³/mol. The van der Waals surface area contributed by atoms with Crippen molar-refractivity contribution >= 4 is 26.0 Å².